The third kappa shape index (κ3) is 7.85. The molecule has 0 bridgehead atoms. The highest BCUT2D eigenvalue weighted by atomic mass is 16.5. The molecular weight excluding hydrogens is 320 g/mol. The molecule has 6 heteroatoms. The molecule has 0 spiro atoms. The second-order valence-corrected chi connectivity index (χ2v) is 5.79. The molecule has 138 valence electrons. The molecule has 6 nitrogen and oxygen atoms in total. The quantitative estimate of drug-likeness (QED) is 0.490. The summed E-state index contributed by atoms with van der Waals surface area (Å²) in [5, 5.41) is 3.07. The second kappa shape index (κ2) is 11.3. The predicted octanol–water partition coefficient (Wildman–Crippen LogP) is 2.13. The van der Waals surface area contributed by atoms with E-state index in [1.54, 1.807) is 51.3 Å². The van der Waals surface area contributed by atoms with Crippen LogP contribution in [0.2, 0.25) is 0 Å². The normalized spacial score (nSPS) is 10.7. The number of carbonyl (C=O) groups excluding carboxylic acids is 2. The Morgan fingerprint density at radius 1 is 1.16 bits per heavy atom. The highest BCUT2D eigenvalue weighted by Crippen LogP contribution is 2.27. The summed E-state index contributed by atoms with van der Waals surface area (Å²) in [5.74, 6) is 1.36. The van der Waals surface area contributed by atoms with E-state index in [-0.39, 0.29) is 11.7 Å². The summed E-state index contributed by atoms with van der Waals surface area (Å²) >= 11 is 0. The maximum atomic E-state index is 12.1. The van der Waals surface area contributed by atoms with Gasteiger partial charge in [0.2, 0.25) is 5.91 Å². The third-order valence-corrected chi connectivity index (χ3v) is 3.67. The van der Waals surface area contributed by atoms with Crippen molar-refractivity contribution < 1.29 is 19.1 Å². The van der Waals surface area contributed by atoms with Crippen molar-refractivity contribution in [2.45, 2.75) is 19.8 Å². The number of amides is 1. The van der Waals surface area contributed by atoms with Crippen molar-refractivity contribution in [3.05, 3.63) is 29.8 Å². The lowest BCUT2D eigenvalue weighted by atomic mass is 10.2. The van der Waals surface area contributed by atoms with Crippen LogP contribution in [-0.4, -0.2) is 57.5 Å². The standard InChI is InChI=1S/C19H28N2O4/c1-15(22)14-20-11-5-6-12-21(2)19(23)10-8-16-7-9-17(24-3)18(13-16)25-4/h7-10,13,20H,5-6,11-12,14H2,1-4H3. The fraction of sp³-hybridized carbons (Fsp3) is 0.474. The van der Waals surface area contributed by atoms with Gasteiger partial charge in [-0.05, 0) is 50.1 Å². The maximum absolute atomic E-state index is 12.1. The van der Waals surface area contributed by atoms with Gasteiger partial charge in [-0.25, -0.2) is 0 Å². The van der Waals surface area contributed by atoms with Gasteiger partial charge in [0.25, 0.3) is 0 Å². The fourth-order valence-corrected chi connectivity index (χ4v) is 2.22. The van der Waals surface area contributed by atoms with Gasteiger partial charge in [0.15, 0.2) is 11.5 Å². The fourth-order valence-electron chi connectivity index (χ4n) is 2.22. The SMILES string of the molecule is COc1ccc(C=CC(=O)N(C)CCCCNCC(C)=O)cc1OC. The molecule has 0 unspecified atom stereocenters. The lowest BCUT2D eigenvalue weighted by Gasteiger charge is -2.15. The van der Waals surface area contributed by atoms with E-state index in [1.807, 2.05) is 12.1 Å². The summed E-state index contributed by atoms with van der Waals surface area (Å²) < 4.78 is 10.4. The van der Waals surface area contributed by atoms with Crippen LogP contribution in [0.5, 0.6) is 11.5 Å². The van der Waals surface area contributed by atoms with Gasteiger partial charge < -0.3 is 19.7 Å². The van der Waals surface area contributed by atoms with E-state index in [1.165, 1.54) is 0 Å². The molecule has 0 aromatic heterocycles. The first-order chi connectivity index (χ1) is 12.0. The molecule has 0 aliphatic carbocycles. The smallest absolute Gasteiger partial charge is 0.246 e. The molecule has 0 aliphatic rings. The zero-order valence-corrected chi connectivity index (χ0v) is 15.5. The zero-order valence-electron chi connectivity index (χ0n) is 15.5. The number of unbranched alkanes of at least 4 members (excludes halogenated alkanes) is 1. The zero-order chi connectivity index (χ0) is 18.7. The van der Waals surface area contributed by atoms with Gasteiger partial charge in [0, 0.05) is 19.7 Å². The lowest BCUT2D eigenvalue weighted by molar-refractivity contribution is -0.124. The van der Waals surface area contributed by atoms with Crippen molar-refractivity contribution in [1.29, 1.82) is 0 Å². The summed E-state index contributed by atoms with van der Waals surface area (Å²) in [6, 6.07) is 5.50. The Morgan fingerprint density at radius 3 is 2.52 bits per heavy atom. The maximum Gasteiger partial charge on any atom is 0.246 e. The molecule has 0 radical (unpaired) electrons. The van der Waals surface area contributed by atoms with Crippen molar-refractivity contribution in [2.24, 2.45) is 0 Å². The average molecular weight is 348 g/mol. The molecule has 1 amide bonds. The van der Waals surface area contributed by atoms with E-state index in [0.29, 0.717) is 24.6 Å². The van der Waals surface area contributed by atoms with E-state index in [2.05, 4.69) is 5.32 Å². The molecule has 1 aromatic carbocycles. The number of hydrogen-bond donors (Lipinski definition) is 1. The van der Waals surface area contributed by atoms with Gasteiger partial charge in [-0.1, -0.05) is 6.07 Å². The molecule has 1 aromatic rings. The van der Waals surface area contributed by atoms with Gasteiger partial charge in [-0.15, -0.1) is 0 Å². The topological polar surface area (TPSA) is 67.9 Å². The van der Waals surface area contributed by atoms with Crippen molar-refractivity contribution in [1.82, 2.24) is 10.2 Å². The molecule has 0 heterocycles. The first-order valence-electron chi connectivity index (χ1n) is 8.33. The number of nitrogens with one attached hydrogen (secondary N) is 1. The number of Topliss-reactive ketones (excluding diaryl/α,β-unsaturated/α-hetero) is 1. The van der Waals surface area contributed by atoms with Crippen molar-refractivity contribution in [3.63, 3.8) is 0 Å². The minimum atomic E-state index is -0.0496. The second-order valence-electron chi connectivity index (χ2n) is 5.79. The van der Waals surface area contributed by atoms with E-state index < -0.39 is 0 Å². The molecule has 0 saturated heterocycles. The summed E-state index contributed by atoms with van der Waals surface area (Å²) in [5.41, 5.74) is 0.868. The van der Waals surface area contributed by atoms with Gasteiger partial charge in [-0.2, -0.15) is 0 Å². The lowest BCUT2D eigenvalue weighted by Crippen LogP contribution is -2.27. The summed E-state index contributed by atoms with van der Waals surface area (Å²) in [7, 11) is 4.95. The van der Waals surface area contributed by atoms with Gasteiger partial charge in [-0.3, -0.25) is 9.59 Å². The van der Waals surface area contributed by atoms with Crippen LogP contribution in [0.15, 0.2) is 24.3 Å². The predicted molar refractivity (Wildman–Crippen MR) is 99.0 cm³/mol. The number of likely N-dealkylation sites (N-methyl/N-ethyl adjacent to an activating group) is 1. The number of ketones is 1. The molecule has 0 atom stereocenters. The number of carbonyl (C=O) groups is 2. The van der Waals surface area contributed by atoms with Crippen LogP contribution in [0.1, 0.15) is 25.3 Å². The minimum absolute atomic E-state index is 0.0496. The Kier molecular flexibility index (Phi) is 9.32. The number of hydrogen-bond acceptors (Lipinski definition) is 5. The van der Waals surface area contributed by atoms with Crippen LogP contribution >= 0.6 is 0 Å². The van der Waals surface area contributed by atoms with Crippen LogP contribution in [-0.2, 0) is 9.59 Å². The van der Waals surface area contributed by atoms with Crippen molar-refractivity contribution in [2.75, 3.05) is 40.9 Å². The van der Waals surface area contributed by atoms with Crippen LogP contribution in [0.25, 0.3) is 6.08 Å². The van der Waals surface area contributed by atoms with E-state index in [0.717, 1.165) is 24.9 Å². The third-order valence-electron chi connectivity index (χ3n) is 3.67. The van der Waals surface area contributed by atoms with Crippen LogP contribution < -0.4 is 14.8 Å². The summed E-state index contributed by atoms with van der Waals surface area (Å²) in [4.78, 5) is 24.6. The summed E-state index contributed by atoms with van der Waals surface area (Å²) in [6.07, 6.45) is 5.12. The Balaban J connectivity index is 2.41. The first-order valence-corrected chi connectivity index (χ1v) is 8.33. The monoisotopic (exact) mass is 348 g/mol. The minimum Gasteiger partial charge on any atom is -0.493 e. The molecule has 1 rings (SSSR count). The Morgan fingerprint density at radius 2 is 1.88 bits per heavy atom. The number of benzene rings is 1. The van der Waals surface area contributed by atoms with Gasteiger partial charge in [0.1, 0.15) is 5.78 Å². The number of methoxy groups -OCH3 is 2. The highest BCUT2D eigenvalue weighted by Gasteiger charge is 2.06. The van der Waals surface area contributed by atoms with E-state index in [9.17, 15) is 9.59 Å². The highest BCUT2D eigenvalue weighted by molar-refractivity contribution is 5.91. The average Bonchev–Trinajstić information content (AvgIpc) is 2.61. The molecular formula is C19H28N2O4. The first kappa shape index (κ1) is 20.7. The van der Waals surface area contributed by atoms with E-state index in [4.69, 9.17) is 9.47 Å². The Bertz CT molecular complexity index is 599. The van der Waals surface area contributed by atoms with Gasteiger partial charge in [0.05, 0.1) is 20.8 Å². The summed E-state index contributed by atoms with van der Waals surface area (Å²) in [6.45, 7) is 3.42. The van der Waals surface area contributed by atoms with Crippen LogP contribution in [0.4, 0.5) is 0 Å². The number of rotatable bonds is 11. The van der Waals surface area contributed by atoms with Crippen LogP contribution in [0, 0.1) is 0 Å². The molecule has 25 heavy (non-hydrogen) atoms. The van der Waals surface area contributed by atoms with Crippen molar-refractivity contribution >= 4 is 17.8 Å². The molecule has 0 fully saturated rings. The number of nitrogens with zero attached hydrogens (tertiary/aromatic N) is 1. The molecule has 0 saturated carbocycles. The Labute approximate surface area is 149 Å². The largest absolute Gasteiger partial charge is 0.493 e. The number of ether oxygens (including phenoxy) is 2. The molecule has 0 aliphatic heterocycles. The van der Waals surface area contributed by atoms with Gasteiger partial charge >= 0.3 is 0 Å². The van der Waals surface area contributed by atoms with Crippen molar-refractivity contribution in [3.8, 4) is 11.5 Å². The molecule has 1 N–H and O–H groups in total. The van der Waals surface area contributed by atoms with Crippen LogP contribution in [0.3, 0.4) is 0 Å². The Hall–Kier alpha value is -2.34. The van der Waals surface area contributed by atoms with E-state index >= 15 is 0 Å².